The summed E-state index contributed by atoms with van der Waals surface area (Å²) in [7, 11) is 5.67. The largest absolute Gasteiger partial charge is 0.375 e. The third-order valence-electron chi connectivity index (χ3n) is 4.17. The monoisotopic (exact) mass is 379 g/mol. The van der Waals surface area contributed by atoms with E-state index < -0.39 is 0 Å². The Morgan fingerprint density at radius 2 is 1.93 bits per heavy atom. The molecule has 0 fully saturated rings. The Labute approximate surface area is 165 Å². The van der Waals surface area contributed by atoms with Crippen molar-refractivity contribution in [2.24, 2.45) is 7.05 Å². The molecule has 1 amide bonds. The predicted octanol–water partition coefficient (Wildman–Crippen LogP) is 2.49. The molecule has 7 nitrogen and oxygen atoms in total. The van der Waals surface area contributed by atoms with Crippen molar-refractivity contribution in [2.75, 3.05) is 32.1 Å². The molecular weight excluding hydrogens is 354 g/mol. The molecule has 0 aliphatic carbocycles. The second-order valence-electron chi connectivity index (χ2n) is 6.63. The summed E-state index contributed by atoms with van der Waals surface area (Å²) < 4.78 is 7.31. The minimum absolute atomic E-state index is 0.145. The number of anilines is 1. The van der Waals surface area contributed by atoms with Gasteiger partial charge in [0.15, 0.2) is 5.82 Å². The molecule has 0 atom stereocenters. The molecular formula is C21H25N5O2. The number of ether oxygens (including phenoxy) is 1. The first-order valence-electron chi connectivity index (χ1n) is 9.13. The molecule has 0 aliphatic rings. The fraction of sp³-hybridized carbons (Fsp3) is 0.286. The van der Waals surface area contributed by atoms with Gasteiger partial charge in [0.1, 0.15) is 0 Å². The average Bonchev–Trinajstić information content (AvgIpc) is 3.10. The second-order valence-corrected chi connectivity index (χ2v) is 6.63. The lowest BCUT2D eigenvalue weighted by molar-refractivity contribution is 0.0901. The molecule has 0 saturated heterocycles. The molecule has 0 spiro atoms. The topological polar surface area (TPSA) is 72.3 Å². The third-order valence-corrected chi connectivity index (χ3v) is 4.17. The third kappa shape index (κ3) is 4.95. The van der Waals surface area contributed by atoms with Crippen LogP contribution >= 0.6 is 0 Å². The molecule has 28 heavy (non-hydrogen) atoms. The van der Waals surface area contributed by atoms with Gasteiger partial charge in [-0.15, -0.1) is 5.10 Å². The number of benzene rings is 2. The minimum atomic E-state index is -0.145. The van der Waals surface area contributed by atoms with Gasteiger partial charge in [0.2, 0.25) is 5.95 Å². The van der Waals surface area contributed by atoms with E-state index in [0.29, 0.717) is 31.1 Å². The highest BCUT2D eigenvalue weighted by Crippen LogP contribution is 2.19. The van der Waals surface area contributed by atoms with Crippen molar-refractivity contribution in [3.63, 3.8) is 0 Å². The molecule has 0 unspecified atom stereocenters. The Hall–Kier alpha value is -3.19. The van der Waals surface area contributed by atoms with Crippen LogP contribution in [-0.2, 0) is 18.4 Å². The number of hydrogen-bond acceptors (Lipinski definition) is 5. The quantitative estimate of drug-likeness (QED) is 0.609. The number of nitrogens with one attached hydrogen (secondary N) is 1. The Morgan fingerprint density at radius 3 is 2.64 bits per heavy atom. The van der Waals surface area contributed by atoms with Crippen molar-refractivity contribution >= 4 is 11.9 Å². The number of amides is 1. The van der Waals surface area contributed by atoms with Crippen molar-refractivity contribution in [3.8, 4) is 11.4 Å². The van der Waals surface area contributed by atoms with E-state index in [4.69, 9.17) is 4.74 Å². The van der Waals surface area contributed by atoms with Crippen LogP contribution in [0, 0.1) is 0 Å². The summed E-state index contributed by atoms with van der Waals surface area (Å²) in [5.74, 6) is 1.20. The van der Waals surface area contributed by atoms with Crippen molar-refractivity contribution < 1.29 is 9.53 Å². The van der Waals surface area contributed by atoms with Crippen LogP contribution in [0.1, 0.15) is 15.9 Å². The maximum atomic E-state index is 12.4. The van der Waals surface area contributed by atoms with Crippen LogP contribution in [0.15, 0.2) is 54.6 Å². The van der Waals surface area contributed by atoms with Gasteiger partial charge in [-0.3, -0.25) is 4.79 Å². The molecule has 0 aliphatic heterocycles. The van der Waals surface area contributed by atoms with Gasteiger partial charge in [0, 0.05) is 38.8 Å². The minimum Gasteiger partial charge on any atom is -0.375 e. The zero-order chi connectivity index (χ0) is 19.9. The first-order chi connectivity index (χ1) is 13.5. The van der Waals surface area contributed by atoms with Gasteiger partial charge >= 0.3 is 0 Å². The highest BCUT2D eigenvalue weighted by atomic mass is 16.5. The normalized spacial score (nSPS) is 10.7. The van der Waals surface area contributed by atoms with Crippen LogP contribution in [0.4, 0.5) is 5.95 Å². The van der Waals surface area contributed by atoms with Gasteiger partial charge in [0.25, 0.3) is 5.91 Å². The van der Waals surface area contributed by atoms with E-state index in [1.807, 2.05) is 68.5 Å². The molecule has 1 heterocycles. The van der Waals surface area contributed by atoms with Crippen molar-refractivity contribution in [1.29, 1.82) is 0 Å². The van der Waals surface area contributed by atoms with E-state index in [0.717, 1.165) is 17.1 Å². The summed E-state index contributed by atoms with van der Waals surface area (Å²) in [6.07, 6.45) is 0. The van der Waals surface area contributed by atoms with Gasteiger partial charge in [-0.05, 0) is 17.7 Å². The van der Waals surface area contributed by atoms with Crippen LogP contribution in [0.5, 0.6) is 0 Å². The van der Waals surface area contributed by atoms with Crippen molar-refractivity contribution in [2.45, 2.75) is 6.61 Å². The maximum absolute atomic E-state index is 12.4. The maximum Gasteiger partial charge on any atom is 0.251 e. The zero-order valence-corrected chi connectivity index (χ0v) is 16.4. The van der Waals surface area contributed by atoms with Crippen molar-refractivity contribution in [1.82, 2.24) is 20.1 Å². The van der Waals surface area contributed by atoms with E-state index in [1.165, 1.54) is 0 Å². The Bertz CT molecular complexity index is 922. The molecule has 0 bridgehead atoms. The SMILES string of the molecule is CN(C)c1nc(-c2cccc(C(=O)NCCOCc3ccccc3)c2)nn1C. The van der Waals surface area contributed by atoms with E-state index in [9.17, 15) is 4.79 Å². The highest BCUT2D eigenvalue weighted by Gasteiger charge is 2.13. The molecule has 2 aromatic carbocycles. The zero-order valence-electron chi connectivity index (χ0n) is 16.4. The van der Waals surface area contributed by atoms with E-state index in [1.54, 1.807) is 16.8 Å². The molecule has 1 aromatic heterocycles. The lowest BCUT2D eigenvalue weighted by Gasteiger charge is -2.08. The Balaban J connectivity index is 1.54. The van der Waals surface area contributed by atoms with Gasteiger partial charge in [-0.2, -0.15) is 4.98 Å². The lowest BCUT2D eigenvalue weighted by atomic mass is 10.1. The summed E-state index contributed by atoms with van der Waals surface area (Å²) in [6.45, 7) is 1.43. The van der Waals surface area contributed by atoms with Gasteiger partial charge in [0.05, 0.1) is 13.2 Å². The molecule has 3 rings (SSSR count). The van der Waals surface area contributed by atoms with Crippen LogP contribution < -0.4 is 10.2 Å². The fourth-order valence-electron chi connectivity index (χ4n) is 2.79. The van der Waals surface area contributed by atoms with E-state index >= 15 is 0 Å². The van der Waals surface area contributed by atoms with Gasteiger partial charge < -0.3 is 15.0 Å². The number of hydrogen-bond donors (Lipinski definition) is 1. The van der Waals surface area contributed by atoms with E-state index in [-0.39, 0.29) is 5.91 Å². The first-order valence-corrected chi connectivity index (χ1v) is 9.13. The Morgan fingerprint density at radius 1 is 1.14 bits per heavy atom. The van der Waals surface area contributed by atoms with Crippen LogP contribution in [0.2, 0.25) is 0 Å². The number of aryl methyl sites for hydroxylation is 1. The molecule has 1 N–H and O–H groups in total. The fourth-order valence-corrected chi connectivity index (χ4v) is 2.79. The van der Waals surface area contributed by atoms with Crippen LogP contribution in [-0.4, -0.2) is 47.9 Å². The summed E-state index contributed by atoms with van der Waals surface area (Å²) >= 11 is 0. The number of carbonyl (C=O) groups excluding carboxylic acids is 1. The number of aromatic nitrogens is 3. The lowest BCUT2D eigenvalue weighted by Crippen LogP contribution is -2.27. The first kappa shape index (κ1) is 19.6. The average molecular weight is 379 g/mol. The highest BCUT2D eigenvalue weighted by molar-refractivity contribution is 5.95. The van der Waals surface area contributed by atoms with Crippen molar-refractivity contribution in [3.05, 3.63) is 65.7 Å². The summed E-state index contributed by atoms with van der Waals surface area (Å²) in [5.41, 5.74) is 2.48. The summed E-state index contributed by atoms with van der Waals surface area (Å²) in [6, 6.07) is 17.3. The molecule has 0 radical (unpaired) electrons. The Kier molecular flexibility index (Phi) is 6.39. The smallest absolute Gasteiger partial charge is 0.251 e. The number of carbonyl (C=O) groups is 1. The summed E-state index contributed by atoms with van der Waals surface area (Å²) in [5, 5.41) is 7.31. The molecule has 3 aromatic rings. The molecule has 0 saturated carbocycles. The van der Waals surface area contributed by atoms with Crippen LogP contribution in [0.25, 0.3) is 11.4 Å². The standard InChI is InChI=1S/C21H25N5O2/c1-25(2)21-23-19(24-26(21)3)17-10-7-11-18(14-17)20(27)22-12-13-28-15-16-8-5-4-6-9-16/h4-11,14H,12-13,15H2,1-3H3,(H,22,27). The van der Waals surface area contributed by atoms with Gasteiger partial charge in [-0.1, -0.05) is 42.5 Å². The molecule has 146 valence electrons. The van der Waals surface area contributed by atoms with E-state index in [2.05, 4.69) is 15.4 Å². The molecule has 7 heteroatoms. The number of rotatable bonds is 8. The predicted molar refractivity (Wildman–Crippen MR) is 109 cm³/mol. The summed E-state index contributed by atoms with van der Waals surface area (Å²) in [4.78, 5) is 18.8. The second kappa shape index (κ2) is 9.14. The van der Waals surface area contributed by atoms with Crippen LogP contribution in [0.3, 0.4) is 0 Å². The number of nitrogens with zero attached hydrogens (tertiary/aromatic N) is 4. The van der Waals surface area contributed by atoms with Gasteiger partial charge in [-0.25, -0.2) is 4.68 Å².